The molecule has 1 aliphatic heterocycles. The maximum Gasteiger partial charge on any atom is 0.257 e. The van der Waals surface area contributed by atoms with E-state index in [-0.39, 0.29) is 16.6 Å². The minimum absolute atomic E-state index is 0.260. The van der Waals surface area contributed by atoms with Crippen molar-refractivity contribution in [1.29, 1.82) is 0 Å². The van der Waals surface area contributed by atoms with Gasteiger partial charge in [0.25, 0.3) is 5.91 Å². The van der Waals surface area contributed by atoms with Crippen LogP contribution in [0.15, 0.2) is 42.9 Å². The molecular formula is C21H23ClN6O3S. The summed E-state index contributed by atoms with van der Waals surface area (Å²) in [5, 5.41) is 3.03. The Morgan fingerprint density at radius 2 is 1.72 bits per heavy atom. The smallest absolute Gasteiger partial charge is 0.257 e. The predicted molar refractivity (Wildman–Crippen MR) is 125 cm³/mol. The van der Waals surface area contributed by atoms with E-state index in [0.717, 1.165) is 30.7 Å². The lowest BCUT2D eigenvalue weighted by Crippen LogP contribution is -2.18. The number of benzene rings is 1. The number of carbonyl (C=O) groups is 1. The number of hydrogen-bond acceptors (Lipinski definition) is 6. The molecule has 11 heteroatoms. The lowest BCUT2D eigenvalue weighted by Gasteiger charge is -2.16. The number of nitrogens with zero attached hydrogens (tertiary/aromatic N) is 4. The van der Waals surface area contributed by atoms with E-state index in [1.54, 1.807) is 29.2 Å². The largest absolute Gasteiger partial charge is 0.369 e. The molecule has 4 rings (SSSR count). The maximum absolute atomic E-state index is 12.8. The summed E-state index contributed by atoms with van der Waals surface area (Å²) < 4.78 is 27.1. The molecule has 168 valence electrons. The van der Waals surface area contributed by atoms with E-state index in [1.807, 2.05) is 6.92 Å². The van der Waals surface area contributed by atoms with Crippen LogP contribution in [0.5, 0.6) is 0 Å². The van der Waals surface area contributed by atoms with Crippen molar-refractivity contribution in [2.24, 2.45) is 0 Å². The Balaban J connectivity index is 1.52. The molecule has 2 aromatic heterocycles. The summed E-state index contributed by atoms with van der Waals surface area (Å²) in [6, 6.07) is 6.22. The molecule has 0 saturated carbocycles. The summed E-state index contributed by atoms with van der Waals surface area (Å²) in [7, 11) is -3.47. The van der Waals surface area contributed by atoms with E-state index < -0.39 is 10.0 Å². The van der Waals surface area contributed by atoms with Gasteiger partial charge in [-0.15, -0.1) is 0 Å². The van der Waals surface area contributed by atoms with Crippen molar-refractivity contribution in [3.05, 3.63) is 59.1 Å². The molecule has 3 aromatic rings. The summed E-state index contributed by atoms with van der Waals surface area (Å²) >= 11 is 6.07. The molecule has 0 spiro atoms. The van der Waals surface area contributed by atoms with Gasteiger partial charge in [0.2, 0.25) is 16.0 Å². The van der Waals surface area contributed by atoms with Gasteiger partial charge in [0.1, 0.15) is 0 Å². The molecule has 9 nitrogen and oxygen atoms in total. The standard InChI is InChI=1S/C21H23ClN6O3S/c1-14-7-15(13-28(14)21-23-11-19(12-24-21)27-5-3-4-6-27)20(29)25-17-8-16(22)9-18(10-17)26-32(2,30)31/h7-13,26H,3-6H2,1-2H3,(H,25,29). The number of aromatic nitrogens is 3. The number of carbonyl (C=O) groups excluding carboxylic acids is 1. The van der Waals surface area contributed by atoms with Crippen LogP contribution >= 0.6 is 11.6 Å². The Kier molecular flexibility index (Phi) is 6.07. The number of nitrogens with one attached hydrogen (secondary N) is 2. The Labute approximate surface area is 191 Å². The van der Waals surface area contributed by atoms with Gasteiger partial charge in [-0.1, -0.05) is 11.6 Å². The van der Waals surface area contributed by atoms with Crippen LogP contribution in [0.1, 0.15) is 28.9 Å². The van der Waals surface area contributed by atoms with Gasteiger partial charge in [-0.2, -0.15) is 0 Å². The van der Waals surface area contributed by atoms with Crippen molar-refractivity contribution in [2.45, 2.75) is 19.8 Å². The molecule has 0 bridgehead atoms. The van der Waals surface area contributed by atoms with Crippen LogP contribution in [0.2, 0.25) is 5.02 Å². The van der Waals surface area contributed by atoms with Crippen LogP contribution in [0, 0.1) is 6.92 Å². The van der Waals surface area contributed by atoms with Crippen LogP contribution in [0.3, 0.4) is 0 Å². The molecule has 0 aliphatic carbocycles. The fourth-order valence-electron chi connectivity index (χ4n) is 3.63. The normalized spacial score (nSPS) is 13.9. The molecule has 1 fully saturated rings. The number of hydrogen-bond donors (Lipinski definition) is 2. The highest BCUT2D eigenvalue weighted by molar-refractivity contribution is 7.92. The second-order valence-corrected chi connectivity index (χ2v) is 9.92. The fourth-order valence-corrected chi connectivity index (χ4v) is 4.41. The summed E-state index contributed by atoms with van der Waals surface area (Å²) in [5.74, 6) is 0.111. The van der Waals surface area contributed by atoms with Gasteiger partial charge >= 0.3 is 0 Å². The molecule has 0 radical (unpaired) electrons. The first-order valence-corrected chi connectivity index (χ1v) is 12.3. The Morgan fingerprint density at radius 3 is 2.38 bits per heavy atom. The number of aryl methyl sites for hydroxylation is 1. The summed E-state index contributed by atoms with van der Waals surface area (Å²) in [4.78, 5) is 24.0. The molecular weight excluding hydrogens is 452 g/mol. The van der Waals surface area contributed by atoms with E-state index >= 15 is 0 Å². The Morgan fingerprint density at radius 1 is 1.06 bits per heavy atom. The topological polar surface area (TPSA) is 109 Å². The first-order chi connectivity index (χ1) is 15.2. The number of sulfonamides is 1. The van der Waals surface area contributed by atoms with Gasteiger partial charge in [0.15, 0.2) is 0 Å². The van der Waals surface area contributed by atoms with Crippen molar-refractivity contribution < 1.29 is 13.2 Å². The van der Waals surface area contributed by atoms with Crippen molar-refractivity contribution in [2.75, 3.05) is 34.3 Å². The van der Waals surface area contributed by atoms with E-state index in [2.05, 4.69) is 24.9 Å². The van der Waals surface area contributed by atoms with Gasteiger partial charge < -0.3 is 10.2 Å². The van der Waals surface area contributed by atoms with Crippen molar-refractivity contribution in [1.82, 2.24) is 14.5 Å². The number of halogens is 1. The third-order valence-electron chi connectivity index (χ3n) is 5.04. The highest BCUT2D eigenvalue weighted by Crippen LogP contribution is 2.24. The lowest BCUT2D eigenvalue weighted by molar-refractivity contribution is 0.102. The van der Waals surface area contributed by atoms with E-state index in [1.165, 1.54) is 31.0 Å². The average molecular weight is 475 g/mol. The zero-order valence-corrected chi connectivity index (χ0v) is 19.2. The fraction of sp³-hybridized carbons (Fsp3) is 0.286. The maximum atomic E-state index is 12.8. The zero-order chi connectivity index (χ0) is 22.9. The molecule has 1 saturated heterocycles. The molecule has 2 N–H and O–H groups in total. The number of rotatable bonds is 6. The molecule has 1 aromatic carbocycles. The Hall–Kier alpha value is -3.11. The predicted octanol–water partition coefficient (Wildman–Crippen LogP) is 3.45. The molecule has 0 atom stereocenters. The summed E-state index contributed by atoms with van der Waals surface area (Å²) in [6.45, 7) is 3.89. The summed E-state index contributed by atoms with van der Waals surface area (Å²) in [6.07, 6.45) is 8.65. The average Bonchev–Trinajstić information content (AvgIpc) is 3.36. The minimum Gasteiger partial charge on any atom is -0.369 e. The first-order valence-electron chi connectivity index (χ1n) is 10.0. The number of amides is 1. The van der Waals surface area contributed by atoms with Crippen LogP contribution in [-0.4, -0.2) is 48.2 Å². The highest BCUT2D eigenvalue weighted by atomic mass is 35.5. The molecule has 32 heavy (non-hydrogen) atoms. The van der Waals surface area contributed by atoms with E-state index in [9.17, 15) is 13.2 Å². The molecule has 1 aliphatic rings. The van der Waals surface area contributed by atoms with Gasteiger partial charge in [0.05, 0.1) is 35.6 Å². The minimum atomic E-state index is -3.47. The van der Waals surface area contributed by atoms with Crippen molar-refractivity contribution in [3.63, 3.8) is 0 Å². The number of anilines is 3. The third-order valence-corrected chi connectivity index (χ3v) is 5.87. The monoisotopic (exact) mass is 474 g/mol. The van der Waals surface area contributed by atoms with Crippen molar-refractivity contribution in [3.8, 4) is 5.95 Å². The van der Waals surface area contributed by atoms with Crippen molar-refractivity contribution >= 4 is 44.6 Å². The zero-order valence-electron chi connectivity index (χ0n) is 17.7. The second kappa shape index (κ2) is 8.79. The SMILES string of the molecule is Cc1cc(C(=O)Nc2cc(Cl)cc(NS(C)(=O)=O)c2)cn1-c1ncc(N2CCCC2)cn1. The summed E-state index contributed by atoms with van der Waals surface area (Å²) in [5.41, 5.74) is 2.83. The van der Waals surface area contributed by atoms with E-state index in [4.69, 9.17) is 11.6 Å². The van der Waals surface area contributed by atoms with E-state index in [0.29, 0.717) is 17.2 Å². The molecule has 1 amide bonds. The molecule has 3 heterocycles. The van der Waals surface area contributed by atoms with Crippen LogP contribution in [0.4, 0.5) is 17.1 Å². The van der Waals surface area contributed by atoms with Gasteiger partial charge in [-0.25, -0.2) is 18.4 Å². The van der Waals surface area contributed by atoms with Crippen LogP contribution < -0.4 is 14.9 Å². The Bertz CT molecular complexity index is 1250. The van der Waals surface area contributed by atoms with Gasteiger partial charge in [-0.05, 0) is 44.0 Å². The van der Waals surface area contributed by atoms with Gasteiger partial charge in [-0.3, -0.25) is 14.1 Å². The van der Waals surface area contributed by atoms with Crippen LogP contribution in [0.25, 0.3) is 5.95 Å². The second-order valence-electron chi connectivity index (χ2n) is 7.73. The van der Waals surface area contributed by atoms with Crippen LogP contribution in [-0.2, 0) is 10.0 Å². The first kappa shape index (κ1) is 22.1. The quantitative estimate of drug-likeness (QED) is 0.566. The highest BCUT2D eigenvalue weighted by Gasteiger charge is 2.16. The van der Waals surface area contributed by atoms with Gasteiger partial charge in [0, 0.05) is 35.7 Å². The third kappa shape index (κ3) is 5.20. The molecule has 0 unspecified atom stereocenters. The lowest BCUT2D eigenvalue weighted by atomic mass is 10.2.